The Hall–Kier alpha value is -1.78. The quantitative estimate of drug-likeness (QED) is 0.812. The van der Waals surface area contributed by atoms with Gasteiger partial charge in [-0.1, -0.05) is 6.42 Å². The van der Waals surface area contributed by atoms with Gasteiger partial charge in [-0.2, -0.15) is 0 Å². The molecular weight excluding hydrogens is 256 g/mol. The highest BCUT2D eigenvalue weighted by molar-refractivity contribution is 5.86. The maximum absolute atomic E-state index is 11.3. The van der Waals surface area contributed by atoms with Crippen LogP contribution < -0.4 is 5.32 Å². The molecule has 0 aliphatic carbocycles. The van der Waals surface area contributed by atoms with E-state index >= 15 is 0 Å². The molecule has 1 aliphatic heterocycles. The maximum Gasteiger partial charge on any atom is 0.373 e. The summed E-state index contributed by atoms with van der Waals surface area (Å²) in [6.07, 6.45) is 7.12. The number of carbonyl (C=O) groups excluding carboxylic acids is 1. The first-order valence-corrected chi connectivity index (χ1v) is 7.20. The molecular formula is C15H22N2O3. The summed E-state index contributed by atoms with van der Waals surface area (Å²) in [6.45, 7) is 0. The van der Waals surface area contributed by atoms with Crippen LogP contribution >= 0.6 is 0 Å². The van der Waals surface area contributed by atoms with Gasteiger partial charge in [-0.05, 0) is 37.8 Å². The van der Waals surface area contributed by atoms with Crippen molar-refractivity contribution in [1.82, 2.24) is 5.32 Å². The van der Waals surface area contributed by atoms with Crippen molar-refractivity contribution in [3.05, 3.63) is 23.7 Å². The van der Waals surface area contributed by atoms with Gasteiger partial charge >= 0.3 is 5.97 Å². The van der Waals surface area contributed by atoms with Crippen LogP contribution in [-0.2, 0) is 11.2 Å². The van der Waals surface area contributed by atoms with Gasteiger partial charge in [0.1, 0.15) is 5.76 Å². The summed E-state index contributed by atoms with van der Waals surface area (Å²) in [6, 6.07) is 3.88. The Bertz CT molecular complexity index is 467. The third kappa shape index (κ3) is 4.11. The van der Waals surface area contributed by atoms with E-state index in [1.807, 2.05) is 6.07 Å². The summed E-state index contributed by atoms with van der Waals surface area (Å²) in [5.74, 6) is 1.31. The minimum Gasteiger partial charge on any atom is -0.463 e. The Balaban J connectivity index is 1.76. The highest BCUT2D eigenvalue weighted by atomic mass is 16.5. The van der Waals surface area contributed by atoms with E-state index in [4.69, 9.17) is 9.83 Å². The maximum atomic E-state index is 11.3. The van der Waals surface area contributed by atoms with Crippen LogP contribution in [0, 0.1) is 5.41 Å². The molecule has 0 radical (unpaired) electrons. The van der Waals surface area contributed by atoms with Crippen molar-refractivity contribution in [2.75, 3.05) is 7.11 Å². The molecule has 5 heteroatoms. The first kappa shape index (κ1) is 14.6. The van der Waals surface area contributed by atoms with Crippen molar-refractivity contribution in [2.45, 2.75) is 51.0 Å². The van der Waals surface area contributed by atoms with E-state index in [1.165, 1.54) is 13.5 Å². The molecule has 1 atom stereocenters. The zero-order chi connectivity index (χ0) is 14.4. The lowest BCUT2D eigenvalue weighted by atomic mass is 10.0. The number of hydrogen-bond acceptors (Lipinski definition) is 4. The first-order valence-electron chi connectivity index (χ1n) is 7.20. The molecule has 0 amide bonds. The van der Waals surface area contributed by atoms with Gasteiger partial charge < -0.3 is 14.5 Å². The topological polar surface area (TPSA) is 75.3 Å². The number of carbonyl (C=O) groups is 1. The zero-order valence-electron chi connectivity index (χ0n) is 11.9. The number of hydrogen-bond donors (Lipinski definition) is 2. The lowest BCUT2D eigenvalue weighted by Crippen LogP contribution is -2.32. The molecule has 2 rings (SSSR count). The summed E-state index contributed by atoms with van der Waals surface area (Å²) in [5.41, 5.74) is 0. The average Bonchev–Trinajstić information content (AvgIpc) is 2.81. The smallest absolute Gasteiger partial charge is 0.373 e. The van der Waals surface area contributed by atoms with Gasteiger partial charge in [-0.25, -0.2) is 4.79 Å². The molecule has 1 aromatic heterocycles. The number of aryl methyl sites for hydroxylation is 1. The van der Waals surface area contributed by atoms with E-state index in [9.17, 15) is 4.79 Å². The SMILES string of the molecule is COC(=O)c1ccc(CCCC2CCCCC(=N)N2)o1. The van der Waals surface area contributed by atoms with Crippen LogP contribution in [0.25, 0.3) is 0 Å². The Kier molecular flexibility index (Phi) is 5.21. The van der Waals surface area contributed by atoms with Crippen molar-refractivity contribution >= 4 is 11.8 Å². The minimum absolute atomic E-state index is 0.261. The van der Waals surface area contributed by atoms with Crippen LogP contribution in [0.5, 0.6) is 0 Å². The number of esters is 1. The summed E-state index contributed by atoms with van der Waals surface area (Å²) < 4.78 is 10.0. The van der Waals surface area contributed by atoms with Gasteiger partial charge in [0.15, 0.2) is 0 Å². The fourth-order valence-corrected chi connectivity index (χ4v) is 2.55. The molecule has 2 N–H and O–H groups in total. The molecule has 110 valence electrons. The normalized spacial score (nSPS) is 19.2. The highest BCUT2D eigenvalue weighted by Crippen LogP contribution is 2.16. The largest absolute Gasteiger partial charge is 0.463 e. The predicted molar refractivity (Wildman–Crippen MR) is 76.1 cm³/mol. The van der Waals surface area contributed by atoms with Crippen molar-refractivity contribution < 1.29 is 13.9 Å². The van der Waals surface area contributed by atoms with Crippen LogP contribution in [-0.4, -0.2) is 25.0 Å². The Morgan fingerprint density at radius 2 is 2.35 bits per heavy atom. The van der Waals surface area contributed by atoms with E-state index in [1.54, 1.807) is 6.07 Å². The third-order valence-corrected chi connectivity index (χ3v) is 3.63. The molecule has 1 fully saturated rings. The highest BCUT2D eigenvalue weighted by Gasteiger charge is 2.15. The molecule has 0 aromatic carbocycles. The van der Waals surface area contributed by atoms with Crippen molar-refractivity contribution in [1.29, 1.82) is 5.41 Å². The molecule has 1 unspecified atom stereocenters. The molecule has 2 heterocycles. The number of ether oxygens (including phenoxy) is 1. The summed E-state index contributed by atoms with van der Waals surface area (Å²) >= 11 is 0. The van der Waals surface area contributed by atoms with Gasteiger partial charge in [0.05, 0.1) is 12.9 Å². The number of nitrogens with one attached hydrogen (secondary N) is 2. The van der Waals surface area contributed by atoms with Crippen LogP contribution in [0.1, 0.15) is 54.8 Å². The Morgan fingerprint density at radius 1 is 1.50 bits per heavy atom. The zero-order valence-corrected chi connectivity index (χ0v) is 11.9. The Labute approximate surface area is 119 Å². The van der Waals surface area contributed by atoms with Gasteiger partial charge in [0.25, 0.3) is 0 Å². The molecule has 0 spiro atoms. The molecule has 1 aromatic rings. The summed E-state index contributed by atoms with van der Waals surface area (Å²) in [5, 5.41) is 11.0. The van der Waals surface area contributed by atoms with Crippen molar-refractivity contribution in [2.24, 2.45) is 0 Å². The second-order valence-corrected chi connectivity index (χ2v) is 5.22. The second kappa shape index (κ2) is 7.12. The van der Waals surface area contributed by atoms with Gasteiger partial charge in [-0.3, -0.25) is 5.41 Å². The van der Waals surface area contributed by atoms with Crippen LogP contribution in [0.15, 0.2) is 16.5 Å². The molecule has 0 saturated carbocycles. The number of rotatable bonds is 5. The molecule has 1 saturated heterocycles. The van der Waals surface area contributed by atoms with E-state index in [0.717, 1.165) is 44.3 Å². The van der Waals surface area contributed by atoms with E-state index in [-0.39, 0.29) is 5.76 Å². The second-order valence-electron chi connectivity index (χ2n) is 5.22. The first-order chi connectivity index (χ1) is 9.69. The fourth-order valence-electron chi connectivity index (χ4n) is 2.55. The van der Waals surface area contributed by atoms with Gasteiger partial charge in [-0.15, -0.1) is 0 Å². The third-order valence-electron chi connectivity index (χ3n) is 3.63. The number of furan rings is 1. The monoisotopic (exact) mass is 278 g/mol. The van der Waals surface area contributed by atoms with E-state index in [0.29, 0.717) is 11.9 Å². The minimum atomic E-state index is -0.435. The van der Waals surface area contributed by atoms with Crippen LogP contribution in [0.3, 0.4) is 0 Å². The lowest BCUT2D eigenvalue weighted by molar-refractivity contribution is 0.0563. The molecule has 0 bridgehead atoms. The summed E-state index contributed by atoms with van der Waals surface area (Å²) in [4.78, 5) is 11.3. The molecule has 20 heavy (non-hydrogen) atoms. The van der Waals surface area contributed by atoms with Crippen molar-refractivity contribution in [3.63, 3.8) is 0 Å². The van der Waals surface area contributed by atoms with E-state index < -0.39 is 5.97 Å². The van der Waals surface area contributed by atoms with Crippen molar-refractivity contribution in [3.8, 4) is 0 Å². The number of amidine groups is 1. The van der Waals surface area contributed by atoms with Crippen LogP contribution in [0.2, 0.25) is 0 Å². The van der Waals surface area contributed by atoms with Gasteiger partial charge in [0.2, 0.25) is 5.76 Å². The average molecular weight is 278 g/mol. The predicted octanol–water partition coefficient (Wildman–Crippen LogP) is 2.90. The number of methoxy groups -OCH3 is 1. The van der Waals surface area contributed by atoms with E-state index in [2.05, 4.69) is 10.1 Å². The Morgan fingerprint density at radius 3 is 3.15 bits per heavy atom. The standard InChI is InChI=1S/C15H22N2O3/c1-19-15(18)13-10-9-12(20-13)7-4-6-11-5-2-3-8-14(16)17-11/h9-11H,2-8H2,1H3,(H2,16,17). The molecule has 5 nitrogen and oxygen atoms in total. The van der Waals surface area contributed by atoms with Crippen LogP contribution in [0.4, 0.5) is 0 Å². The van der Waals surface area contributed by atoms with Gasteiger partial charge in [0, 0.05) is 18.9 Å². The molecule has 1 aliphatic rings. The summed E-state index contributed by atoms with van der Waals surface area (Å²) in [7, 11) is 1.34. The fraction of sp³-hybridized carbons (Fsp3) is 0.600. The lowest BCUT2D eigenvalue weighted by Gasteiger charge is -2.16.